The molecule has 0 aliphatic carbocycles. The number of halogens is 5. The molecule has 0 radical (unpaired) electrons. The third-order valence-electron chi connectivity index (χ3n) is 4.10. The molecule has 0 atom stereocenters. The zero-order valence-corrected chi connectivity index (χ0v) is 15.6. The predicted molar refractivity (Wildman–Crippen MR) is 98.1 cm³/mol. The minimum atomic E-state index is -4.92. The predicted octanol–water partition coefficient (Wildman–Crippen LogP) is 4.22. The van der Waals surface area contributed by atoms with Crippen molar-refractivity contribution in [2.75, 3.05) is 0 Å². The lowest BCUT2D eigenvalue weighted by Gasteiger charge is -2.13. The lowest BCUT2D eigenvalue weighted by Crippen LogP contribution is -2.38. The molecule has 1 N–H and O–H groups in total. The number of hydrogen-bond donors (Lipinski definition) is 1. The summed E-state index contributed by atoms with van der Waals surface area (Å²) in [6, 6.07) is 10.1. The largest absolute Gasteiger partial charge is 0.489 e. The van der Waals surface area contributed by atoms with E-state index in [9.17, 15) is 27.2 Å². The van der Waals surface area contributed by atoms with Gasteiger partial charge in [-0.25, -0.2) is 13.8 Å². The van der Waals surface area contributed by atoms with Crippen LogP contribution >= 0.6 is 11.6 Å². The van der Waals surface area contributed by atoms with E-state index in [1.807, 2.05) is 0 Å². The van der Waals surface area contributed by atoms with Crippen LogP contribution in [0.5, 0.6) is 5.75 Å². The molecule has 0 amide bonds. The number of benzene rings is 2. The highest BCUT2D eigenvalue weighted by molar-refractivity contribution is 6.30. The summed E-state index contributed by atoms with van der Waals surface area (Å²) in [7, 11) is 0. The van der Waals surface area contributed by atoms with Crippen LogP contribution in [0.2, 0.25) is 5.02 Å². The van der Waals surface area contributed by atoms with Crippen molar-refractivity contribution in [3.8, 4) is 11.4 Å². The van der Waals surface area contributed by atoms with E-state index < -0.39 is 40.2 Å². The average molecular weight is 429 g/mol. The van der Waals surface area contributed by atoms with Crippen LogP contribution in [0.15, 0.2) is 52.1 Å². The number of ether oxygens (including phenoxy) is 1. The van der Waals surface area contributed by atoms with E-state index in [0.717, 1.165) is 24.6 Å². The maximum Gasteiger partial charge on any atom is 0.431 e. The molecule has 3 aromatic rings. The van der Waals surface area contributed by atoms with Crippen molar-refractivity contribution < 1.29 is 22.3 Å². The van der Waals surface area contributed by atoms with Gasteiger partial charge in [-0.2, -0.15) is 13.2 Å². The fourth-order valence-electron chi connectivity index (χ4n) is 2.63. The maximum absolute atomic E-state index is 14.5. The molecule has 0 saturated heterocycles. The second-order valence-corrected chi connectivity index (χ2v) is 6.53. The molecule has 1 aromatic heterocycles. The summed E-state index contributed by atoms with van der Waals surface area (Å²) in [6.45, 7) is 1.01. The summed E-state index contributed by atoms with van der Waals surface area (Å²) in [6.07, 6.45) is -4.92. The molecule has 0 aliphatic rings. The van der Waals surface area contributed by atoms with Gasteiger partial charge in [-0.05, 0) is 36.8 Å². The van der Waals surface area contributed by atoms with E-state index in [2.05, 4.69) is 0 Å². The van der Waals surface area contributed by atoms with Crippen LogP contribution < -0.4 is 16.0 Å². The number of rotatable bonds is 4. The fraction of sp³-hybridized carbons (Fsp3) is 0.158. The average Bonchev–Trinajstić information content (AvgIpc) is 2.65. The van der Waals surface area contributed by atoms with E-state index in [1.54, 1.807) is 29.2 Å². The molecule has 0 fully saturated rings. The zero-order valence-electron chi connectivity index (χ0n) is 14.8. The van der Waals surface area contributed by atoms with Gasteiger partial charge in [-0.3, -0.25) is 4.79 Å². The normalized spacial score (nSPS) is 11.5. The van der Waals surface area contributed by atoms with Gasteiger partial charge in [0.25, 0.3) is 5.56 Å². The third kappa shape index (κ3) is 4.34. The lowest BCUT2D eigenvalue weighted by molar-refractivity contribution is -0.142. The van der Waals surface area contributed by atoms with Crippen LogP contribution in [0.4, 0.5) is 17.6 Å². The van der Waals surface area contributed by atoms with Crippen molar-refractivity contribution in [2.45, 2.75) is 19.7 Å². The van der Waals surface area contributed by atoms with E-state index in [4.69, 9.17) is 16.3 Å². The molecule has 2 aromatic carbocycles. The highest BCUT2D eigenvalue weighted by Gasteiger charge is 2.35. The summed E-state index contributed by atoms with van der Waals surface area (Å²) in [5.41, 5.74) is -4.61. The van der Waals surface area contributed by atoms with Crippen molar-refractivity contribution in [1.29, 1.82) is 0 Å². The van der Waals surface area contributed by atoms with Crippen molar-refractivity contribution >= 4 is 11.6 Å². The molecule has 0 unspecified atom stereocenters. The summed E-state index contributed by atoms with van der Waals surface area (Å²) in [4.78, 5) is 25.9. The molecule has 0 bridgehead atoms. The van der Waals surface area contributed by atoms with Crippen molar-refractivity contribution in [3.05, 3.63) is 91.0 Å². The van der Waals surface area contributed by atoms with Crippen LogP contribution in [-0.4, -0.2) is 9.55 Å². The highest BCUT2D eigenvalue weighted by Crippen LogP contribution is 2.28. The van der Waals surface area contributed by atoms with E-state index in [1.165, 1.54) is 6.07 Å². The monoisotopic (exact) mass is 428 g/mol. The standard InChI is InChI=1S/C19H13ClF4N2O3/c1-10-16(19(22,23)24)25-18(28)26(17(10)27)15-7-6-13(8-14(15)21)29-9-11-2-4-12(20)5-3-11/h2-8H,9H2,1H3,(H,25,28). The van der Waals surface area contributed by atoms with Gasteiger partial charge in [0, 0.05) is 16.7 Å². The van der Waals surface area contributed by atoms with Crippen LogP contribution in [0.25, 0.3) is 5.69 Å². The Morgan fingerprint density at radius 1 is 1.10 bits per heavy atom. The van der Waals surface area contributed by atoms with E-state index in [0.29, 0.717) is 9.59 Å². The molecular weight excluding hydrogens is 416 g/mol. The lowest BCUT2D eigenvalue weighted by atomic mass is 10.2. The Morgan fingerprint density at radius 2 is 1.76 bits per heavy atom. The summed E-state index contributed by atoms with van der Waals surface area (Å²) in [5, 5.41) is 0.548. The Hall–Kier alpha value is -3.07. The van der Waals surface area contributed by atoms with Gasteiger partial charge in [0.1, 0.15) is 18.1 Å². The van der Waals surface area contributed by atoms with Crippen molar-refractivity contribution in [3.63, 3.8) is 0 Å². The number of aromatic amines is 1. The van der Waals surface area contributed by atoms with E-state index in [-0.39, 0.29) is 12.4 Å². The van der Waals surface area contributed by atoms with Gasteiger partial charge < -0.3 is 9.72 Å². The summed E-state index contributed by atoms with van der Waals surface area (Å²) < 4.78 is 59.0. The van der Waals surface area contributed by atoms with Gasteiger partial charge in [0.15, 0.2) is 5.82 Å². The third-order valence-corrected chi connectivity index (χ3v) is 4.35. The zero-order chi connectivity index (χ0) is 21.3. The number of aromatic nitrogens is 2. The number of nitrogens with zero attached hydrogens (tertiary/aromatic N) is 1. The number of alkyl halides is 3. The number of H-pyrrole nitrogens is 1. The van der Waals surface area contributed by atoms with Crippen molar-refractivity contribution in [1.82, 2.24) is 9.55 Å². The smallest absolute Gasteiger partial charge is 0.431 e. The molecule has 0 spiro atoms. The second kappa shape index (κ2) is 7.75. The minimum Gasteiger partial charge on any atom is -0.489 e. The fourth-order valence-corrected chi connectivity index (χ4v) is 2.76. The Kier molecular flexibility index (Phi) is 5.52. The summed E-state index contributed by atoms with van der Waals surface area (Å²) in [5.74, 6) is -0.903. The van der Waals surface area contributed by atoms with Gasteiger partial charge >= 0.3 is 11.9 Å². The van der Waals surface area contributed by atoms with Gasteiger partial charge in [-0.1, -0.05) is 23.7 Å². The van der Waals surface area contributed by atoms with Gasteiger partial charge in [-0.15, -0.1) is 0 Å². The molecule has 152 valence electrons. The van der Waals surface area contributed by atoms with Crippen LogP contribution in [-0.2, 0) is 12.8 Å². The van der Waals surface area contributed by atoms with Crippen LogP contribution in [0.1, 0.15) is 16.8 Å². The molecule has 0 saturated carbocycles. The Bertz CT molecular complexity index is 1170. The molecule has 5 nitrogen and oxygen atoms in total. The van der Waals surface area contributed by atoms with Gasteiger partial charge in [0.2, 0.25) is 0 Å². The molecular formula is C19H13ClF4N2O3. The first-order chi connectivity index (χ1) is 13.6. The summed E-state index contributed by atoms with van der Waals surface area (Å²) >= 11 is 5.79. The van der Waals surface area contributed by atoms with Crippen LogP contribution in [0.3, 0.4) is 0 Å². The quantitative estimate of drug-likeness (QED) is 0.633. The molecule has 0 aliphatic heterocycles. The molecule has 3 rings (SSSR count). The Labute approximate surface area is 166 Å². The first kappa shape index (κ1) is 20.7. The van der Waals surface area contributed by atoms with Crippen LogP contribution in [0, 0.1) is 12.7 Å². The molecule has 29 heavy (non-hydrogen) atoms. The topological polar surface area (TPSA) is 64.1 Å². The second-order valence-electron chi connectivity index (χ2n) is 6.10. The maximum atomic E-state index is 14.5. The van der Waals surface area contributed by atoms with Gasteiger partial charge in [0.05, 0.1) is 5.69 Å². The number of hydrogen-bond acceptors (Lipinski definition) is 3. The SMILES string of the molecule is Cc1c(C(F)(F)F)[nH]c(=O)n(-c2ccc(OCc3ccc(Cl)cc3)cc2F)c1=O. The Morgan fingerprint density at radius 3 is 2.34 bits per heavy atom. The molecule has 10 heteroatoms. The highest BCUT2D eigenvalue weighted by atomic mass is 35.5. The first-order valence-electron chi connectivity index (χ1n) is 8.18. The van der Waals surface area contributed by atoms with E-state index >= 15 is 0 Å². The minimum absolute atomic E-state index is 0.106. The Balaban J connectivity index is 1.93. The number of nitrogens with one attached hydrogen (secondary N) is 1. The van der Waals surface area contributed by atoms with Crippen molar-refractivity contribution in [2.24, 2.45) is 0 Å². The molecule has 1 heterocycles. The first-order valence-corrected chi connectivity index (χ1v) is 8.56.